The summed E-state index contributed by atoms with van der Waals surface area (Å²) in [6.07, 6.45) is 3.03. The number of rotatable bonds is 3. The molecule has 2 aliphatic heterocycles. The molecule has 1 amide bonds. The van der Waals surface area contributed by atoms with E-state index >= 15 is 0 Å². The van der Waals surface area contributed by atoms with Gasteiger partial charge in [0.15, 0.2) is 0 Å². The maximum absolute atomic E-state index is 12.2. The van der Waals surface area contributed by atoms with Crippen molar-refractivity contribution in [1.29, 1.82) is 0 Å². The van der Waals surface area contributed by atoms with Gasteiger partial charge in [-0.05, 0) is 36.6 Å². The molecule has 1 fully saturated rings. The molecule has 0 bridgehead atoms. The van der Waals surface area contributed by atoms with Gasteiger partial charge in [0, 0.05) is 20.0 Å². The highest BCUT2D eigenvalue weighted by Crippen LogP contribution is 2.26. The molecular weight excluding hydrogens is 240 g/mol. The van der Waals surface area contributed by atoms with Gasteiger partial charge in [-0.2, -0.15) is 0 Å². The number of hydrogen-bond donors (Lipinski definition) is 1. The van der Waals surface area contributed by atoms with Gasteiger partial charge < -0.3 is 15.0 Å². The Morgan fingerprint density at radius 1 is 1.53 bits per heavy atom. The number of carbonyl (C=O) groups is 1. The van der Waals surface area contributed by atoms with Crippen molar-refractivity contribution in [2.45, 2.75) is 31.8 Å². The Morgan fingerprint density at radius 2 is 2.42 bits per heavy atom. The van der Waals surface area contributed by atoms with Crippen molar-refractivity contribution < 1.29 is 9.53 Å². The van der Waals surface area contributed by atoms with Gasteiger partial charge in [-0.15, -0.1) is 0 Å². The lowest BCUT2D eigenvalue weighted by molar-refractivity contribution is -0.132. The van der Waals surface area contributed by atoms with Gasteiger partial charge in [0.2, 0.25) is 5.91 Å². The SMILES string of the molecule is CN(Cc1ccc2c(c1)CCO2)C(=O)C1CCCN1. The van der Waals surface area contributed by atoms with Crippen LogP contribution in [0.1, 0.15) is 24.0 Å². The largest absolute Gasteiger partial charge is 0.493 e. The Morgan fingerprint density at radius 3 is 3.21 bits per heavy atom. The van der Waals surface area contributed by atoms with Crippen molar-refractivity contribution in [1.82, 2.24) is 10.2 Å². The molecule has 1 aromatic carbocycles. The molecule has 3 rings (SSSR count). The van der Waals surface area contributed by atoms with Crippen LogP contribution in [0, 0.1) is 0 Å². The van der Waals surface area contributed by atoms with Crippen molar-refractivity contribution in [3.8, 4) is 5.75 Å². The minimum Gasteiger partial charge on any atom is -0.493 e. The van der Waals surface area contributed by atoms with Crippen molar-refractivity contribution in [3.05, 3.63) is 29.3 Å². The Hall–Kier alpha value is -1.55. The molecule has 1 unspecified atom stereocenters. The molecule has 2 heterocycles. The summed E-state index contributed by atoms with van der Waals surface area (Å²) in [6.45, 7) is 2.41. The lowest BCUT2D eigenvalue weighted by Crippen LogP contribution is -2.41. The maximum atomic E-state index is 12.2. The molecule has 4 nitrogen and oxygen atoms in total. The third-order valence-corrected chi connectivity index (χ3v) is 3.91. The Kier molecular flexibility index (Phi) is 3.42. The molecule has 1 atom stereocenters. The van der Waals surface area contributed by atoms with Crippen molar-refractivity contribution >= 4 is 5.91 Å². The summed E-state index contributed by atoms with van der Waals surface area (Å²) < 4.78 is 5.50. The number of amides is 1. The molecule has 0 saturated carbocycles. The van der Waals surface area contributed by atoms with Gasteiger partial charge in [0.1, 0.15) is 5.75 Å². The van der Waals surface area contributed by atoms with Crippen molar-refractivity contribution in [2.75, 3.05) is 20.2 Å². The Bertz CT molecular complexity index is 481. The minimum atomic E-state index is 0.0164. The topological polar surface area (TPSA) is 41.6 Å². The smallest absolute Gasteiger partial charge is 0.239 e. The van der Waals surface area contributed by atoms with Gasteiger partial charge in [-0.1, -0.05) is 12.1 Å². The van der Waals surface area contributed by atoms with E-state index in [0.717, 1.165) is 38.2 Å². The highest BCUT2D eigenvalue weighted by atomic mass is 16.5. The third kappa shape index (κ3) is 2.59. The van der Waals surface area contributed by atoms with Crippen LogP contribution < -0.4 is 10.1 Å². The fraction of sp³-hybridized carbons (Fsp3) is 0.533. The van der Waals surface area contributed by atoms with Gasteiger partial charge in [-0.25, -0.2) is 0 Å². The predicted molar refractivity (Wildman–Crippen MR) is 73.1 cm³/mol. The van der Waals surface area contributed by atoms with Crippen LogP contribution in [-0.4, -0.2) is 37.0 Å². The number of benzene rings is 1. The van der Waals surface area contributed by atoms with Crippen LogP contribution in [0.3, 0.4) is 0 Å². The summed E-state index contributed by atoms with van der Waals surface area (Å²) >= 11 is 0. The summed E-state index contributed by atoms with van der Waals surface area (Å²) in [5.41, 5.74) is 2.44. The van der Waals surface area contributed by atoms with E-state index in [4.69, 9.17) is 4.74 Å². The van der Waals surface area contributed by atoms with Gasteiger partial charge in [-0.3, -0.25) is 4.79 Å². The number of fused-ring (bicyclic) bond motifs is 1. The molecule has 0 aliphatic carbocycles. The standard InChI is InChI=1S/C15H20N2O2/c1-17(15(18)13-3-2-7-16-13)10-11-4-5-14-12(9-11)6-8-19-14/h4-5,9,13,16H,2-3,6-8,10H2,1H3. The average Bonchev–Trinajstić information content (AvgIpc) is 3.08. The monoisotopic (exact) mass is 260 g/mol. The molecule has 0 spiro atoms. The lowest BCUT2D eigenvalue weighted by Gasteiger charge is -2.21. The Balaban J connectivity index is 1.65. The summed E-state index contributed by atoms with van der Waals surface area (Å²) in [5.74, 6) is 1.20. The molecule has 2 aliphatic rings. The number of ether oxygens (including phenoxy) is 1. The lowest BCUT2D eigenvalue weighted by atomic mass is 10.1. The van der Waals surface area contributed by atoms with E-state index in [2.05, 4.69) is 17.4 Å². The first-order valence-corrected chi connectivity index (χ1v) is 6.97. The minimum absolute atomic E-state index is 0.0164. The van der Waals surface area contributed by atoms with Gasteiger partial charge in [0.25, 0.3) is 0 Å². The molecule has 0 aromatic heterocycles. The quantitative estimate of drug-likeness (QED) is 0.891. The third-order valence-electron chi connectivity index (χ3n) is 3.91. The zero-order valence-electron chi connectivity index (χ0n) is 11.3. The molecule has 102 valence electrons. The molecule has 1 aromatic rings. The molecular formula is C15H20N2O2. The van der Waals surface area contributed by atoms with Gasteiger partial charge in [0.05, 0.1) is 12.6 Å². The van der Waals surface area contributed by atoms with E-state index in [1.165, 1.54) is 11.1 Å². The normalized spacial score (nSPS) is 21.0. The van der Waals surface area contributed by atoms with E-state index in [1.807, 2.05) is 18.0 Å². The number of carbonyl (C=O) groups excluding carboxylic acids is 1. The molecule has 4 heteroatoms. The molecule has 1 saturated heterocycles. The zero-order chi connectivity index (χ0) is 13.2. The van der Waals surface area contributed by atoms with Crippen LogP contribution in [0.4, 0.5) is 0 Å². The van der Waals surface area contributed by atoms with E-state index in [-0.39, 0.29) is 11.9 Å². The Labute approximate surface area is 113 Å². The fourth-order valence-electron chi connectivity index (χ4n) is 2.85. The molecule has 19 heavy (non-hydrogen) atoms. The molecule has 0 radical (unpaired) electrons. The summed E-state index contributed by atoms with van der Waals surface area (Å²) in [4.78, 5) is 14.0. The summed E-state index contributed by atoms with van der Waals surface area (Å²) in [6, 6.07) is 6.25. The number of nitrogens with one attached hydrogen (secondary N) is 1. The average molecular weight is 260 g/mol. The van der Waals surface area contributed by atoms with Crippen LogP contribution in [-0.2, 0) is 17.8 Å². The second-order valence-electron chi connectivity index (χ2n) is 5.38. The summed E-state index contributed by atoms with van der Waals surface area (Å²) in [5, 5.41) is 3.25. The second-order valence-corrected chi connectivity index (χ2v) is 5.38. The van der Waals surface area contributed by atoms with E-state index in [9.17, 15) is 4.79 Å². The fourth-order valence-corrected chi connectivity index (χ4v) is 2.85. The molecule has 1 N–H and O–H groups in total. The predicted octanol–water partition coefficient (Wildman–Crippen LogP) is 1.33. The zero-order valence-corrected chi connectivity index (χ0v) is 11.3. The maximum Gasteiger partial charge on any atom is 0.239 e. The number of hydrogen-bond acceptors (Lipinski definition) is 3. The van der Waals surface area contributed by atoms with Crippen LogP contribution in [0.2, 0.25) is 0 Å². The van der Waals surface area contributed by atoms with E-state index < -0.39 is 0 Å². The van der Waals surface area contributed by atoms with Gasteiger partial charge >= 0.3 is 0 Å². The highest BCUT2D eigenvalue weighted by Gasteiger charge is 2.25. The van der Waals surface area contributed by atoms with Crippen molar-refractivity contribution in [3.63, 3.8) is 0 Å². The summed E-state index contributed by atoms with van der Waals surface area (Å²) in [7, 11) is 1.88. The first-order valence-electron chi connectivity index (χ1n) is 6.97. The first kappa shape index (κ1) is 12.5. The van der Waals surface area contributed by atoms with Crippen LogP contribution in [0.15, 0.2) is 18.2 Å². The van der Waals surface area contributed by atoms with Crippen molar-refractivity contribution in [2.24, 2.45) is 0 Å². The number of likely N-dealkylation sites (N-methyl/N-ethyl adjacent to an activating group) is 1. The first-order chi connectivity index (χ1) is 9.24. The van der Waals surface area contributed by atoms with E-state index in [1.54, 1.807) is 0 Å². The van der Waals surface area contributed by atoms with E-state index in [0.29, 0.717) is 6.54 Å². The number of nitrogens with zero attached hydrogens (tertiary/aromatic N) is 1. The van der Waals surface area contributed by atoms with Crippen LogP contribution >= 0.6 is 0 Å². The van der Waals surface area contributed by atoms with Crippen LogP contribution in [0.25, 0.3) is 0 Å². The highest BCUT2D eigenvalue weighted by molar-refractivity contribution is 5.81. The van der Waals surface area contributed by atoms with Crippen LogP contribution in [0.5, 0.6) is 5.75 Å². The second kappa shape index (κ2) is 5.21.